The molecule has 0 radical (unpaired) electrons. The Balaban J connectivity index is 2.34. The van der Waals surface area contributed by atoms with E-state index in [0.717, 1.165) is 24.0 Å². The first-order valence-corrected chi connectivity index (χ1v) is 5.79. The zero-order valence-corrected chi connectivity index (χ0v) is 10.3. The third-order valence-corrected chi connectivity index (χ3v) is 3.06. The van der Waals surface area contributed by atoms with Gasteiger partial charge in [-0.25, -0.2) is 0 Å². The molecule has 4 nitrogen and oxygen atoms in total. The van der Waals surface area contributed by atoms with Gasteiger partial charge in [-0.15, -0.1) is 6.42 Å². The number of aromatic nitrogens is 2. The monoisotopic (exact) mass is 228 g/mol. The van der Waals surface area contributed by atoms with Gasteiger partial charge in [0.2, 0.25) is 0 Å². The Morgan fingerprint density at radius 2 is 2.29 bits per heavy atom. The molecule has 0 bridgehead atoms. The summed E-state index contributed by atoms with van der Waals surface area (Å²) in [6, 6.07) is 2.22. The van der Waals surface area contributed by atoms with Crippen LogP contribution >= 0.6 is 0 Å². The molecule has 1 heterocycles. The fraction of sp³-hybridized carbons (Fsp3) is 0.538. The van der Waals surface area contributed by atoms with Crippen LogP contribution in [0.5, 0.6) is 0 Å². The zero-order valence-electron chi connectivity index (χ0n) is 10.3. The highest BCUT2D eigenvalue weighted by atomic mass is 15.4. The van der Waals surface area contributed by atoms with Crippen molar-refractivity contribution in [2.24, 2.45) is 13.0 Å². The number of terminal acetylenes is 1. The summed E-state index contributed by atoms with van der Waals surface area (Å²) in [4.78, 5) is 2.09. The molecular weight excluding hydrogens is 212 g/mol. The van der Waals surface area contributed by atoms with Gasteiger partial charge in [-0.3, -0.25) is 4.68 Å². The van der Waals surface area contributed by atoms with Gasteiger partial charge in [-0.1, -0.05) is 5.92 Å². The van der Waals surface area contributed by atoms with Gasteiger partial charge >= 0.3 is 0 Å². The fourth-order valence-electron chi connectivity index (χ4n) is 2.09. The molecule has 1 aliphatic rings. The highest BCUT2D eigenvalue weighted by Crippen LogP contribution is 2.32. The fourth-order valence-corrected chi connectivity index (χ4v) is 2.09. The molecule has 0 unspecified atom stereocenters. The maximum atomic E-state index is 9.20. The quantitative estimate of drug-likeness (QED) is 0.733. The van der Waals surface area contributed by atoms with Gasteiger partial charge in [-0.2, -0.15) is 10.4 Å². The zero-order chi connectivity index (χ0) is 12.4. The van der Waals surface area contributed by atoms with E-state index >= 15 is 0 Å². The van der Waals surface area contributed by atoms with Crippen LogP contribution in [0.4, 0.5) is 5.82 Å². The Labute approximate surface area is 102 Å². The van der Waals surface area contributed by atoms with Gasteiger partial charge in [0, 0.05) is 13.6 Å². The lowest BCUT2D eigenvalue weighted by atomic mass is 10.2. The van der Waals surface area contributed by atoms with Crippen LogP contribution in [0.1, 0.15) is 24.1 Å². The van der Waals surface area contributed by atoms with Gasteiger partial charge < -0.3 is 4.90 Å². The lowest BCUT2D eigenvalue weighted by Gasteiger charge is -2.22. The molecule has 4 heteroatoms. The van der Waals surface area contributed by atoms with Gasteiger partial charge in [0.05, 0.1) is 12.2 Å². The number of hydrogen-bond acceptors (Lipinski definition) is 3. The molecule has 0 amide bonds. The topological polar surface area (TPSA) is 44.9 Å². The van der Waals surface area contributed by atoms with Gasteiger partial charge in [0.15, 0.2) is 0 Å². The van der Waals surface area contributed by atoms with Crippen LogP contribution in [0.2, 0.25) is 0 Å². The van der Waals surface area contributed by atoms with Crippen molar-refractivity contribution in [3.8, 4) is 18.4 Å². The molecule has 1 aromatic rings. The number of hydrogen-bond donors (Lipinski definition) is 0. The van der Waals surface area contributed by atoms with E-state index in [9.17, 15) is 5.26 Å². The Bertz CT molecular complexity index is 497. The minimum atomic E-state index is 0.532. The Kier molecular flexibility index (Phi) is 3.06. The smallest absolute Gasteiger partial charge is 0.145 e. The molecule has 0 saturated heterocycles. The third-order valence-electron chi connectivity index (χ3n) is 3.06. The average molecular weight is 228 g/mol. The second-order valence-electron chi connectivity index (χ2n) is 4.55. The molecule has 0 atom stereocenters. The van der Waals surface area contributed by atoms with E-state index in [0.29, 0.717) is 12.1 Å². The maximum absolute atomic E-state index is 9.20. The first-order valence-electron chi connectivity index (χ1n) is 5.79. The molecule has 1 saturated carbocycles. The standard InChI is InChI=1S/C13H16N4/c1-4-7-17(9-11-5-6-11)13-12(8-14)10(2)15-16(13)3/h1,11H,5-7,9H2,2-3H3. The van der Waals surface area contributed by atoms with Crippen LogP contribution in [0, 0.1) is 36.5 Å². The molecule has 1 aromatic heterocycles. The van der Waals surface area contributed by atoms with Crippen molar-refractivity contribution >= 4 is 5.82 Å². The molecule has 1 aliphatic carbocycles. The molecule has 17 heavy (non-hydrogen) atoms. The lowest BCUT2D eigenvalue weighted by Crippen LogP contribution is -2.28. The second kappa shape index (κ2) is 4.51. The summed E-state index contributed by atoms with van der Waals surface area (Å²) in [6.45, 7) is 3.31. The van der Waals surface area contributed by atoms with Crippen molar-refractivity contribution in [3.63, 3.8) is 0 Å². The summed E-state index contributed by atoms with van der Waals surface area (Å²) in [5.74, 6) is 4.25. The molecule has 0 aliphatic heterocycles. The molecule has 88 valence electrons. The largest absolute Gasteiger partial charge is 0.344 e. The first-order chi connectivity index (χ1) is 8.17. The highest BCUT2D eigenvalue weighted by Gasteiger charge is 2.27. The number of anilines is 1. The van der Waals surface area contributed by atoms with Gasteiger partial charge in [0.25, 0.3) is 0 Å². The van der Waals surface area contributed by atoms with Crippen molar-refractivity contribution in [2.45, 2.75) is 19.8 Å². The summed E-state index contributed by atoms with van der Waals surface area (Å²) in [5, 5.41) is 13.5. The third kappa shape index (κ3) is 2.26. The predicted octanol–water partition coefficient (Wildman–Crippen LogP) is 1.45. The lowest BCUT2D eigenvalue weighted by molar-refractivity contribution is 0.691. The van der Waals surface area contributed by atoms with E-state index in [1.165, 1.54) is 12.8 Å². The van der Waals surface area contributed by atoms with E-state index in [-0.39, 0.29) is 0 Å². The number of nitrogens with zero attached hydrogens (tertiary/aromatic N) is 4. The van der Waals surface area contributed by atoms with Crippen molar-refractivity contribution in [2.75, 3.05) is 18.0 Å². The van der Waals surface area contributed by atoms with Crippen molar-refractivity contribution < 1.29 is 0 Å². The van der Waals surface area contributed by atoms with Crippen LogP contribution in [0.15, 0.2) is 0 Å². The van der Waals surface area contributed by atoms with Gasteiger partial charge in [-0.05, 0) is 25.7 Å². The molecule has 0 aromatic carbocycles. The van der Waals surface area contributed by atoms with E-state index in [1.807, 2.05) is 14.0 Å². The van der Waals surface area contributed by atoms with Crippen molar-refractivity contribution in [1.82, 2.24) is 9.78 Å². The minimum absolute atomic E-state index is 0.532. The van der Waals surface area contributed by atoms with Crippen LogP contribution in [0.25, 0.3) is 0 Å². The molecule has 2 rings (SSSR count). The van der Waals surface area contributed by atoms with Crippen LogP contribution in [-0.4, -0.2) is 22.9 Å². The summed E-state index contributed by atoms with van der Waals surface area (Å²) < 4.78 is 1.76. The minimum Gasteiger partial charge on any atom is -0.344 e. The maximum Gasteiger partial charge on any atom is 0.145 e. The first kappa shape index (κ1) is 11.5. The van der Waals surface area contributed by atoms with E-state index in [4.69, 9.17) is 6.42 Å². The number of aryl methyl sites for hydroxylation is 2. The molecule has 0 N–H and O–H groups in total. The number of nitriles is 1. The predicted molar refractivity (Wildman–Crippen MR) is 66.4 cm³/mol. The SMILES string of the molecule is C#CCN(CC1CC1)c1c(C#N)c(C)nn1C. The summed E-state index contributed by atoms with van der Waals surface area (Å²) in [7, 11) is 1.86. The Morgan fingerprint density at radius 3 is 2.82 bits per heavy atom. The Hall–Kier alpha value is -1.94. The van der Waals surface area contributed by atoms with E-state index < -0.39 is 0 Å². The summed E-state index contributed by atoms with van der Waals surface area (Å²) in [6.07, 6.45) is 7.93. The molecule has 1 fully saturated rings. The van der Waals surface area contributed by atoms with Crippen molar-refractivity contribution in [1.29, 1.82) is 5.26 Å². The second-order valence-corrected chi connectivity index (χ2v) is 4.55. The van der Waals surface area contributed by atoms with Crippen molar-refractivity contribution in [3.05, 3.63) is 11.3 Å². The van der Waals surface area contributed by atoms with E-state index in [2.05, 4.69) is 22.0 Å². The summed E-state index contributed by atoms with van der Waals surface area (Å²) >= 11 is 0. The van der Waals surface area contributed by atoms with E-state index in [1.54, 1.807) is 4.68 Å². The Morgan fingerprint density at radius 1 is 1.59 bits per heavy atom. The molecule has 0 spiro atoms. The normalized spacial score (nSPS) is 14.1. The van der Waals surface area contributed by atoms with Crippen LogP contribution < -0.4 is 4.90 Å². The van der Waals surface area contributed by atoms with Crippen LogP contribution in [0.3, 0.4) is 0 Å². The molecular formula is C13H16N4. The average Bonchev–Trinajstić information content (AvgIpc) is 3.03. The number of rotatable bonds is 4. The summed E-state index contributed by atoms with van der Waals surface area (Å²) in [5.41, 5.74) is 1.41. The van der Waals surface area contributed by atoms with Gasteiger partial charge in [0.1, 0.15) is 17.5 Å². The van der Waals surface area contributed by atoms with Crippen LogP contribution in [-0.2, 0) is 7.05 Å². The highest BCUT2D eigenvalue weighted by molar-refractivity contribution is 5.57.